The summed E-state index contributed by atoms with van der Waals surface area (Å²) in [6, 6.07) is 5.12. The fourth-order valence-corrected chi connectivity index (χ4v) is 3.17. The number of amides is 1. The molecule has 0 aliphatic carbocycles. The van der Waals surface area contributed by atoms with E-state index in [4.69, 9.17) is 4.74 Å². The number of aliphatic hydroxyl groups excluding tert-OH is 1. The second kappa shape index (κ2) is 7.65. The number of piperazine rings is 1. The summed E-state index contributed by atoms with van der Waals surface area (Å²) in [5.74, 6) is 1.56. The summed E-state index contributed by atoms with van der Waals surface area (Å²) in [6.45, 7) is 6.82. The van der Waals surface area contributed by atoms with Crippen LogP contribution in [0.4, 0.5) is 10.6 Å². The lowest BCUT2D eigenvalue weighted by Gasteiger charge is -2.44. The van der Waals surface area contributed by atoms with Crippen molar-refractivity contribution in [3.63, 3.8) is 0 Å². The second-order valence-electron chi connectivity index (χ2n) is 6.52. The van der Waals surface area contributed by atoms with Gasteiger partial charge in [0.15, 0.2) is 11.6 Å². The first kappa shape index (κ1) is 18.1. The third-order valence-corrected chi connectivity index (χ3v) is 4.33. The fourth-order valence-electron chi connectivity index (χ4n) is 3.17. The molecule has 0 aromatic carbocycles. The Bertz CT molecular complexity index is 744. The van der Waals surface area contributed by atoms with E-state index in [0.717, 1.165) is 5.82 Å². The third-order valence-electron chi connectivity index (χ3n) is 4.33. The smallest absolute Gasteiger partial charge is 0.409 e. The molecule has 2 aromatic heterocycles. The van der Waals surface area contributed by atoms with Crippen molar-refractivity contribution in [3.8, 4) is 5.75 Å². The molecule has 0 saturated carbocycles. The standard InChI is InChI=1S/C18H23N5O3/c1-12-10-22(16-6-8-20-17(21-16)14(3)24)11-13(2)23(12)18(25)26-15-5-4-7-19-9-15/h4-9,12-14,24H,10-11H2,1-3H3/t12-,13+,14-/m1/s1. The van der Waals surface area contributed by atoms with Crippen LogP contribution >= 0.6 is 0 Å². The lowest BCUT2D eigenvalue weighted by Crippen LogP contribution is -2.59. The first-order chi connectivity index (χ1) is 12.5. The van der Waals surface area contributed by atoms with Gasteiger partial charge in [-0.2, -0.15) is 0 Å². The summed E-state index contributed by atoms with van der Waals surface area (Å²) in [4.78, 5) is 28.9. The summed E-state index contributed by atoms with van der Waals surface area (Å²) < 4.78 is 5.43. The largest absolute Gasteiger partial charge is 0.415 e. The molecule has 1 fully saturated rings. The molecule has 1 N–H and O–H groups in total. The van der Waals surface area contributed by atoms with Crippen molar-refractivity contribution >= 4 is 11.9 Å². The molecule has 1 amide bonds. The Morgan fingerprint density at radius 1 is 1.27 bits per heavy atom. The van der Waals surface area contributed by atoms with Gasteiger partial charge >= 0.3 is 6.09 Å². The minimum Gasteiger partial charge on any atom is -0.409 e. The van der Waals surface area contributed by atoms with Crippen LogP contribution in [0, 0.1) is 0 Å². The fraction of sp³-hybridized carbons (Fsp3) is 0.444. The Hall–Kier alpha value is -2.74. The minimum atomic E-state index is -0.722. The summed E-state index contributed by atoms with van der Waals surface area (Å²) in [5, 5.41) is 9.69. The van der Waals surface area contributed by atoms with Gasteiger partial charge in [-0.3, -0.25) is 9.88 Å². The van der Waals surface area contributed by atoms with Crippen LogP contribution in [0.1, 0.15) is 32.7 Å². The van der Waals surface area contributed by atoms with E-state index in [2.05, 4.69) is 19.9 Å². The van der Waals surface area contributed by atoms with Crippen molar-refractivity contribution in [1.29, 1.82) is 0 Å². The number of carbonyl (C=O) groups is 1. The van der Waals surface area contributed by atoms with Crippen LogP contribution in [0.2, 0.25) is 0 Å². The molecular weight excluding hydrogens is 334 g/mol. The van der Waals surface area contributed by atoms with E-state index >= 15 is 0 Å². The van der Waals surface area contributed by atoms with E-state index in [0.29, 0.717) is 24.7 Å². The van der Waals surface area contributed by atoms with E-state index in [1.165, 1.54) is 6.20 Å². The van der Waals surface area contributed by atoms with E-state index in [1.54, 1.807) is 36.4 Å². The molecular formula is C18H23N5O3. The van der Waals surface area contributed by atoms with Crippen LogP contribution in [0.25, 0.3) is 0 Å². The number of aliphatic hydroxyl groups is 1. The molecule has 1 saturated heterocycles. The molecule has 0 bridgehead atoms. The van der Waals surface area contributed by atoms with Gasteiger partial charge in [0.25, 0.3) is 0 Å². The van der Waals surface area contributed by atoms with Gasteiger partial charge in [0.05, 0.1) is 18.3 Å². The van der Waals surface area contributed by atoms with Crippen LogP contribution in [-0.4, -0.2) is 56.2 Å². The Kier molecular flexibility index (Phi) is 5.32. The number of ether oxygens (including phenoxy) is 1. The SMILES string of the molecule is C[C@@H]1CN(c2ccnc([C@@H](C)O)n2)C[C@H](C)N1C(=O)Oc1cccnc1. The van der Waals surface area contributed by atoms with Crippen molar-refractivity contribution in [1.82, 2.24) is 19.9 Å². The van der Waals surface area contributed by atoms with Crippen molar-refractivity contribution in [2.75, 3.05) is 18.0 Å². The Morgan fingerprint density at radius 3 is 2.62 bits per heavy atom. The third kappa shape index (κ3) is 3.91. The van der Waals surface area contributed by atoms with Gasteiger partial charge in [0.2, 0.25) is 0 Å². The van der Waals surface area contributed by atoms with Crippen LogP contribution in [0.3, 0.4) is 0 Å². The molecule has 8 heteroatoms. The van der Waals surface area contributed by atoms with Crippen molar-refractivity contribution < 1.29 is 14.6 Å². The van der Waals surface area contributed by atoms with Crippen LogP contribution < -0.4 is 9.64 Å². The predicted molar refractivity (Wildman–Crippen MR) is 95.9 cm³/mol. The Balaban J connectivity index is 1.71. The monoisotopic (exact) mass is 357 g/mol. The molecule has 8 nitrogen and oxygen atoms in total. The lowest BCUT2D eigenvalue weighted by atomic mass is 10.1. The maximum Gasteiger partial charge on any atom is 0.415 e. The maximum atomic E-state index is 12.6. The van der Waals surface area contributed by atoms with Crippen LogP contribution in [0.15, 0.2) is 36.8 Å². The lowest BCUT2D eigenvalue weighted by molar-refractivity contribution is 0.104. The van der Waals surface area contributed by atoms with Crippen molar-refractivity contribution in [2.45, 2.75) is 39.0 Å². The van der Waals surface area contributed by atoms with E-state index in [9.17, 15) is 9.90 Å². The number of hydrogen-bond acceptors (Lipinski definition) is 7. The molecule has 3 heterocycles. The zero-order valence-corrected chi connectivity index (χ0v) is 15.1. The highest BCUT2D eigenvalue weighted by molar-refractivity contribution is 5.72. The van der Waals surface area contributed by atoms with Gasteiger partial charge in [0.1, 0.15) is 11.9 Å². The topological polar surface area (TPSA) is 91.7 Å². The first-order valence-electron chi connectivity index (χ1n) is 8.62. The number of hydrogen-bond donors (Lipinski definition) is 1. The van der Waals surface area contributed by atoms with Gasteiger partial charge in [-0.05, 0) is 39.0 Å². The van der Waals surface area contributed by atoms with Crippen LogP contribution in [0.5, 0.6) is 5.75 Å². The first-order valence-corrected chi connectivity index (χ1v) is 8.62. The summed E-state index contributed by atoms with van der Waals surface area (Å²) >= 11 is 0. The molecule has 3 rings (SSSR count). The second-order valence-corrected chi connectivity index (χ2v) is 6.52. The highest BCUT2D eigenvalue weighted by Gasteiger charge is 2.34. The molecule has 3 atom stereocenters. The maximum absolute atomic E-state index is 12.6. The molecule has 138 valence electrons. The van der Waals surface area contributed by atoms with E-state index < -0.39 is 6.10 Å². The number of anilines is 1. The van der Waals surface area contributed by atoms with Gasteiger partial charge in [-0.25, -0.2) is 14.8 Å². The zero-order chi connectivity index (χ0) is 18.7. The molecule has 1 aliphatic heterocycles. The summed E-state index contributed by atoms with van der Waals surface area (Å²) in [5.41, 5.74) is 0. The van der Waals surface area contributed by atoms with Gasteiger partial charge in [-0.1, -0.05) is 0 Å². The van der Waals surface area contributed by atoms with Gasteiger partial charge in [-0.15, -0.1) is 0 Å². The van der Waals surface area contributed by atoms with Gasteiger partial charge < -0.3 is 14.7 Å². The predicted octanol–water partition coefficient (Wildman–Crippen LogP) is 2.02. The highest BCUT2D eigenvalue weighted by atomic mass is 16.6. The molecule has 0 unspecified atom stereocenters. The van der Waals surface area contributed by atoms with Crippen LogP contribution in [-0.2, 0) is 0 Å². The Morgan fingerprint density at radius 2 is 2.00 bits per heavy atom. The number of aromatic nitrogens is 3. The minimum absolute atomic E-state index is 0.0621. The molecule has 26 heavy (non-hydrogen) atoms. The zero-order valence-electron chi connectivity index (χ0n) is 15.1. The highest BCUT2D eigenvalue weighted by Crippen LogP contribution is 2.23. The van der Waals surface area contributed by atoms with E-state index in [-0.39, 0.29) is 18.2 Å². The van der Waals surface area contributed by atoms with Crippen molar-refractivity contribution in [3.05, 3.63) is 42.6 Å². The Labute approximate surface area is 152 Å². The summed E-state index contributed by atoms with van der Waals surface area (Å²) in [7, 11) is 0. The molecule has 1 aliphatic rings. The van der Waals surface area contributed by atoms with E-state index in [1.807, 2.05) is 19.9 Å². The average Bonchev–Trinajstić information content (AvgIpc) is 2.62. The van der Waals surface area contributed by atoms with Crippen molar-refractivity contribution in [2.24, 2.45) is 0 Å². The molecule has 0 radical (unpaired) electrons. The summed E-state index contributed by atoms with van der Waals surface area (Å²) in [6.07, 6.45) is 3.68. The van der Waals surface area contributed by atoms with Gasteiger partial charge in [0, 0.05) is 25.5 Å². The number of carbonyl (C=O) groups excluding carboxylic acids is 1. The normalized spacial score (nSPS) is 21.4. The average molecular weight is 357 g/mol. The quantitative estimate of drug-likeness (QED) is 0.898. The number of rotatable bonds is 3. The number of pyridine rings is 1. The number of nitrogens with zero attached hydrogens (tertiary/aromatic N) is 5. The molecule has 0 spiro atoms. The molecule has 2 aromatic rings.